The monoisotopic (exact) mass is 570 g/mol. The summed E-state index contributed by atoms with van der Waals surface area (Å²) >= 11 is 0. The van der Waals surface area contributed by atoms with Crippen LogP contribution in [0.3, 0.4) is 0 Å². The standard InChI is InChI=1S/C36H30N2O5/c1-21-20-30-36(27-9-5-6-10-28(27)37-35(36)41)31(33(39)22-12-16-24(42-2)17-13-22)32(38(30)29-11-7-4-8-26(21)29)34(40)23-14-18-25(43-3)19-15-23/h4-20,30-32H,1-3H3,(H,37,41). The second-order valence-corrected chi connectivity index (χ2v) is 11.2. The van der Waals surface area contributed by atoms with Gasteiger partial charge in [0, 0.05) is 28.1 Å². The molecule has 0 aliphatic carbocycles. The van der Waals surface area contributed by atoms with E-state index in [0.29, 0.717) is 28.3 Å². The van der Waals surface area contributed by atoms with Crippen molar-refractivity contribution in [2.75, 3.05) is 24.4 Å². The average Bonchev–Trinajstić information content (AvgIpc) is 3.52. The summed E-state index contributed by atoms with van der Waals surface area (Å²) < 4.78 is 10.7. The number of hydrogen-bond donors (Lipinski definition) is 1. The van der Waals surface area contributed by atoms with Gasteiger partial charge in [-0.15, -0.1) is 0 Å². The van der Waals surface area contributed by atoms with Crippen LogP contribution in [0.25, 0.3) is 5.57 Å². The van der Waals surface area contributed by atoms with Crippen molar-refractivity contribution in [3.05, 3.63) is 125 Å². The van der Waals surface area contributed by atoms with E-state index in [4.69, 9.17) is 9.47 Å². The number of ether oxygens (including phenoxy) is 2. The quantitative estimate of drug-likeness (QED) is 0.289. The molecule has 1 spiro atoms. The van der Waals surface area contributed by atoms with Crippen molar-refractivity contribution in [1.29, 1.82) is 0 Å². The topological polar surface area (TPSA) is 84.9 Å². The molecule has 0 saturated carbocycles. The van der Waals surface area contributed by atoms with Crippen LogP contribution in [0, 0.1) is 5.92 Å². The van der Waals surface area contributed by atoms with Crippen molar-refractivity contribution < 1.29 is 23.9 Å². The molecule has 1 amide bonds. The lowest BCUT2D eigenvalue weighted by Crippen LogP contribution is -2.51. The summed E-state index contributed by atoms with van der Waals surface area (Å²) in [6.07, 6.45) is 2.06. The molecule has 0 aromatic heterocycles. The van der Waals surface area contributed by atoms with Gasteiger partial charge in [-0.05, 0) is 78.7 Å². The highest BCUT2D eigenvalue weighted by atomic mass is 16.5. The van der Waals surface area contributed by atoms with Gasteiger partial charge in [0.15, 0.2) is 11.6 Å². The minimum atomic E-state index is -1.37. The molecule has 7 heteroatoms. The lowest BCUT2D eigenvalue weighted by atomic mass is 9.64. The number of methoxy groups -OCH3 is 2. The number of fused-ring (bicyclic) bond motifs is 6. The number of ketones is 2. The molecule has 3 aliphatic heterocycles. The molecule has 4 aromatic carbocycles. The van der Waals surface area contributed by atoms with Gasteiger partial charge in [-0.3, -0.25) is 14.4 Å². The fourth-order valence-corrected chi connectivity index (χ4v) is 7.25. The first-order valence-electron chi connectivity index (χ1n) is 14.2. The molecule has 4 atom stereocenters. The number of rotatable bonds is 6. The van der Waals surface area contributed by atoms with Crippen LogP contribution in [0.2, 0.25) is 0 Å². The first-order valence-corrected chi connectivity index (χ1v) is 14.2. The number of carbonyl (C=O) groups excluding carboxylic acids is 3. The van der Waals surface area contributed by atoms with Gasteiger partial charge in [-0.2, -0.15) is 0 Å². The van der Waals surface area contributed by atoms with Gasteiger partial charge in [0.2, 0.25) is 5.91 Å². The maximum atomic E-state index is 14.9. The van der Waals surface area contributed by atoms with E-state index < -0.39 is 23.4 Å². The van der Waals surface area contributed by atoms with E-state index in [1.165, 1.54) is 0 Å². The number of Topliss-reactive ketones (excluding diaryl/α,β-unsaturated/α-hetero) is 2. The molecule has 1 N–H and O–H groups in total. The van der Waals surface area contributed by atoms with E-state index in [1.54, 1.807) is 62.8 Å². The highest BCUT2D eigenvalue weighted by molar-refractivity contribution is 6.18. The third-order valence-corrected chi connectivity index (χ3v) is 9.18. The molecule has 1 saturated heterocycles. The number of para-hydroxylation sites is 2. The Balaban J connectivity index is 1.52. The fourth-order valence-electron chi connectivity index (χ4n) is 7.25. The highest BCUT2D eigenvalue weighted by Gasteiger charge is 2.70. The van der Waals surface area contributed by atoms with Gasteiger partial charge in [0.1, 0.15) is 23.0 Å². The van der Waals surface area contributed by atoms with E-state index >= 15 is 0 Å². The molecule has 1 fully saturated rings. The van der Waals surface area contributed by atoms with Gasteiger partial charge in [0.05, 0.1) is 26.2 Å². The van der Waals surface area contributed by atoms with Gasteiger partial charge >= 0.3 is 0 Å². The van der Waals surface area contributed by atoms with Crippen LogP contribution in [0.5, 0.6) is 11.5 Å². The molecule has 3 heterocycles. The second-order valence-electron chi connectivity index (χ2n) is 11.2. The molecular formula is C36H30N2O5. The van der Waals surface area contributed by atoms with E-state index in [9.17, 15) is 14.4 Å². The van der Waals surface area contributed by atoms with E-state index in [0.717, 1.165) is 22.4 Å². The van der Waals surface area contributed by atoms with Gasteiger partial charge in [-0.1, -0.05) is 42.5 Å². The predicted octanol–water partition coefficient (Wildman–Crippen LogP) is 5.95. The van der Waals surface area contributed by atoms with Crippen molar-refractivity contribution >= 4 is 34.4 Å². The molecule has 3 aliphatic rings. The Morgan fingerprint density at radius 1 is 0.767 bits per heavy atom. The third kappa shape index (κ3) is 3.77. The van der Waals surface area contributed by atoms with E-state index in [-0.39, 0.29) is 17.5 Å². The number of benzene rings is 4. The van der Waals surface area contributed by atoms with Crippen LogP contribution in [0.4, 0.5) is 11.4 Å². The summed E-state index contributed by atoms with van der Waals surface area (Å²) in [5.41, 5.74) is 3.62. The first kappa shape index (κ1) is 26.7. The van der Waals surface area contributed by atoms with Crippen LogP contribution < -0.4 is 19.7 Å². The Labute approximate surface area is 249 Å². The molecule has 7 nitrogen and oxygen atoms in total. The Kier molecular flexibility index (Phi) is 6.20. The molecule has 0 radical (unpaired) electrons. The molecular weight excluding hydrogens is 540 g/mol. The Morgan fingerprint density at radius 2 is 1.35 bits per heavy atom. The smallest absolute Gasteiger partial charge is 0.238 e. The van der Waals surface area contributed by atoms with Gasteiger partial charge < -0.3 is 19.7 Å². The lowest BCUT2D eigenvalue weighted by Gasteiger charge is -2.39. The normalized spacial score (nSPS) is 23.1. The molecule has 4 aromatic rings. The second kappa shape index (κ2) is 9.98. The maximum Gasteiger partial charge on any atom is 0.238 e. The average molecular weight is 571 g/mol. The maximum absolute atomic E-state index is 14.9. The number of carbonyl (C=O) groups is 3. The number of nitrogens with one attached hydrogen (secondary N) is 1. The van der Waals surface area contributed by atoms with Gasteiger partial charge in [0.25, 0.3) is 0 Å². The molecule has 7 rings (SSSR count). The SMILES string of the molecule is COc1ccc(C(=O)C2C(C(=O)c3ccc(OC)cc3)C3(C(=O)Nc4ccccc43)C3C=C(C)c4ccccc4N23)cc1. The number of amides is 1. The van der Waals surface area contributed by atoms with Crippen LogP contribution >= 0.6 is 0 Å². The molecule has 214 valence electrons. The number of anilines is 2. The summed E-state index contributed by atoms with van der Waals surface area (Å²) in [4.78, 5) is 46.2. The minimum Gasteiger partial charge on any atom is -0.497 e. The Morgan fingerprint density at radius 3 is 2.00 bits per heavy atom. The predicted molar refractivity (Wildman–Crippen MR) is 165 cm³/mol. The summed E-state index contributed by atoms with van der Waals surface area (Å²) in [5.74, 6) is -0.620. The van der Waals surface area contributed by atoms with Crippen molar-refractivity contribution in [3.63, 3.8) is 0 Å². The van der Waals surface area contributed by atoms with Crippen LogP contribution in [-0.2, 0) is 10.2 Å². The lowest BCUT2D eigenvalue weighted by molar-refractivity contribution is -0.121. The van der Waals surface area contributed by atoms with Crippen molar-refractivity contribution in [2.24, 2.45) is 5.92 Å². The zero-order valence-corrected chi connectivity index (χ0v) is 24.0. The Bertz CT molecular complexity index is 1810. The highest BCUT2D eigenvalue weighted by Crippen LogP contribution is 2.58. The molecule has 4 unspecified atom stereocenters. The van der Waals surface area contributed by atoms with Crippen LogP contribution in [0.1, 0.15) is 38.8 Å². The number of hydrogen-bond acceptors (Lipinski definition) is 6. The summed E-state index contributed by atoms with van der Waals surface area (Å²) in [6, 6.07) is 27.6. The van der Waals surface area contributed by atoms with Crippen molar-refractivity contribution in [2.45, 2.75) is 24.4 Å². The summed E-state index contributed by atoms with van der Waals surface area (Å²) in [6.45, 7) is 2.02. The fraction of sp³-hybridized carbons (Fsp3) is 0.194. The van der Waals surface area contributed by atoms with Crippen LogP contribution in [0.15, 0.2) is 103 Å². The van der Waals surface area contributed by atoms with Crippen molar-refractivity contribution in [3.8, 4) is 11.5 Å². The van der Waals surface area contributed by atoms with E-state index in [1.807, 2.05) is 60.4 Å². The summed E-state index contributed by atoms with van der Waals surface area (Å²) in [5, 5.41) is 3.08. The Hall–Kier alpha value is -5.17. The van der Waals surface area contributed by atoms with Gasteiger partial charge in [-0.25, -0.2) is 0 Å². The zero-order valence-electron chi connectivity index (χ0n) is 24.0. The first-order chi connectivity index (χ1) is 20.9. The molecule has 43 heavy (non-hydrogen) atoms. The van der Waals surface area contributed by atoms with Crippen LogP contribution in [-0.4, -0.2) is 43.8 Å². The minimum absolute atomic E-state index is 0.240. The van der Waals surface area contributed by atoms with Crippen molar-refractivity contribution in [1.82, 2.24) is 0 Å². The summed E-state index contributed by atoms with van der Waals surface area (Å²) in [7, 11) is 3.14. The third-order valence-electron chi connectivity index (χ3n) is 9.18. The largest absolute Gasteiger partial charge is 0.497 e. The number of allylic oxidation sites excluding steroid dienone is 1. The zero-order chi connectivity index (χ0) is 29.9. The molecule has 0 bridgehead atoms. The van der Waals surface area contributed by atoms with E-state index in [2.05, 4.69) is 11.4 Å². The number of nitrogens with zero attached hydrogens (tertiary/aromatic N) is 1.